The predicted molar refractivity (Wildman–Crippen MR) is 111 cm³/mol. The van der Waals surface area contributed by atoms with Crippen molar-refractivity contribution in [3.63, 3.8) is 0 Å². The molecule has 1 saturated heterocycles. The Bertz CT molecular complexity index is 842. The molecule has 0 spiro atoms. The van der Waals surface area contributed by atoms with Crippen LogP contribution in [0.4, 0.5) is 0 Å². The van der Waals surface area contributed by atoms with Crippen molar-refractivity contribution in [2.45, 2.75) is 38.8 Å². The van der Waals surface area contributed by atoms with Gasteiger partial charge in [0.05, 0.1) is 0 Å². The molecule has 29 heavy (non-hydrogen) atoms. The average molecular weight is 396 g/mol. The molecule has 1 N–H and O–H groups in total. The summed E-state index contributed by atoms with van der Waals surface area (Å²) < 4.78 is 1.69. The molecule has 0 saturated carbocycles. The monoisotopic (exact) mass is 395 g/mol. The first-order chi connectivity index (χ1) is 14.2. The summed E-state index contributed by atoms with van der Waals surface area (Å²) >= 11 is 0. The molecular formula is C22H29N5O2. The smallest absolute Gasteiger partial charge is 0.272 e. The Morgan fingerprint density at radius 1 is 1.03 bits per heavy atom. The van der Waals surface area contributed by atoms with Gasteiger partial charge >= 0.3 is 0 Å². The topological polar surface area (TPSA) is 70.5 Å². The van der Waals surface area contributed by atoms with E-state index < -0.39 is 0 Å². The molecule has 4 rings (SSSR count). The number of fused-ring (bicyclic) bond motifs is 1. The number of nitrogens with zero attached hydrogens (tertiary/aromatic N) is 4. The highest BCUT2D eigenvalue weighted by Gasteiger charge is 2.26. The van der Waals surface area contributed by atoms with E-state index in [-0.39, 0.29) is 11.8 Å². The van der Waals surface area contributed by atoms with Crippen molar-refractivity contribution in [2.24, 2.45) is 0 Å². The average Bonchev–Trinajstić information content (AvgIpc) is 3.38. The Morgan fingerprint density at radius 3 is 2.62 bits per heavy atom. The Kier molecular flexibility index (Phi) is 6.24. The lowest BCUT2D eigenvalue weighted by molar-refractivity contribution is 0.0745. The fourth-order valence-electron chi connectivity index (χ4n) is 4.10. The molecule has 2 aromatic rings. The lowest BCUT2D eigenvalue weighted by atomic mass is 10.2. The SMILES string of the molecule is O=C(NCCCN1CCCC1)c1cc2n(n1)CCCN(Cc1ccccc1)C2=O. The van der Waals surface area contributed by atoms with E-state index in [2.05, 4.69) is 15.3 Å². The first-order valence-electron chi connectivity index (χ1n) is 10.6. The molecule has 3 heterocycles. The molecule has 1 fully saturated rings. The summed E-state index contributed by atoms with van der Waals surface area (Å²) in [5.41, 5.74) is 1.93. The van der Waals surface area contributed by atoms with Crippen LogP contribution in [-0.2, 0) is 13.1 Å². The molecule has 1 aromatic carbocycles. The lowest BCUT2D eigenvalue weighted by Gasteiger charge is -2.20. The van der Waals surface area contributed by atoms with Crippen LogP contribution in [-0.4, -0.2) is 64.1 Å². The maximum atomic E-state index is 13.0. The number of benzene rings is 1. The van der Waals surface area contributed by atoms with Crippen LogP contribution >= 0.6 is 0 Å². The van der Waals surface area contributed by atoms with Gasteiger partial charge in [0.25, 0.3) is 11.8 Å². The number of carbonyl (C=O) groups excluding carboxylic acids is 2. The van der Waals surface area contributed by atoms with Crippen molar-refractivity contribution in [1.82, 2.24) is 24.9 Å². The molecule has 0 atom stereocenters. The van der Waals surface area contributed by atoms with Crippen LogP contribution in [0.2, 0.25) is 0 Å². The van der Waals surface area contributed by atoms with Crippen LogP contribution in [0, 0.1) is 0 Å². The second-order valence-electron chi connectivity index (χ2n) is 7.86. The van der Waals surface area contributed by atoms with Crippen LogP contribution in [0.15, 0.2) is 36.4 Å². The predicted octanol–water partition coefficient (Wildman–Crippen LogP) is 2.14. The zero-order chi connectivity index (χ0) is 20.1. The quantitative estimate of drug-likeness (QED) is 0.730. The number of hydrogen-bond acceptors (Lipinski definition) is 4. The summed E-state index contributed by atoms with van der Waals surface area (Å²) in [5.74, 6) is -0.263. The number of rotatable bonds is 7. The van der Waals surface area contributed by atoms with Crippen molar-refractivity contribution < 1.29 is 9.59 Å². The van der Waals surface area contributed by atoms with E-state index >= 15 is 0 Å². The molecule has 154 valence electrons. The third-order valence-electron chi connectivity index (χ3n) is 5.67. The summed E-state index contributed by atoms with van der Waals surface area (Å²) in [4.78, 5) is 29.8. The molecule has 2 amide bonds. The van der Waals surface area contributed by atoms with Gasteiger partial charge in [0.15, 0.2) is 5.69 Å². The highest BCUT2D eigenvalue weighted by molar-refractivity contribution is 5.98. The van der Waals surface area contributed by atoms with Crippen molar-refractivity contribution >= 4 is 11.8 Å². The molecule has 0 radical (unpaired) electrons. The Labute approximate surface area is 171 Å². The fourth-order valence-corrected chi connectivity index (χ4v) is 4.10. The molecule has 0 aliphatic carbocycles. The van der Waals surface area contributed by atoms with Crippen molar-refractivity contribution in [3.8, 4) is 0 Å². The number of aromatic nitrogens is 2. The summed E-state index contributed by atoms with van der Waals surface area (Å²) in [6.45, 7) is 5.90. The number of aryl methyl sites for hydroxylation is 1. The second kappa shape index (κ2) is 9.22. The highest BCUT2D eigenvalue weighted by atomic mass is 16.2. The highest BCUT2D eigenvalue weighted by Crippen LogP contribution is 2.16. The maximum absolute atomic E-state index is 13.0. The molecule has 7 heteroatoms. The van der Waals surface area contributed by atoms with Crippen molar-refractivity contribution in [1.29, 1.82) is 0 Å². The third-order valence-corrected chi connectivity index (χ3v) is 5.67. The van der Waals surface area contributed by atoms with Crippen molar-refractivity contribution in [3.05, 3.63) is 53.3 Å². The van der Waals surface area contributed by atoms with Crippen LogP contribution in [0.1, 0.15) is 52.2 Å². The molecule has 2 aliphatic rings. The molecule has 1 aromatic heterocycles. The molecule has 7 nitrogen and oxygen atoms in total. The molecule has 0 unspecified atom stereocenters. The zero-order valence-electron chi connectivity index (χ0n) is 16.8. The van der Waals surface area contributed by atoms with E-state index in [1.54, 1.807) is 10.7 Å². The standard InChI is InChI=1S/C22H29N5O2/c28-21(23-10-6-13-25-11-4-5-12-25)19-16-20-22(29)26(14-7-15-27(20)24-19)17-18-8-2-1-3-9-18/h1-3,8-9,16H,4-7,10-15,17H2,(H,23,28). The minimum atomic E-state index is -0.200. The lowest BCUT2D eigenvalue weighted by Crippen LogP contribution is -2.30. The molecule has 0 bridgehead atoms. The largest absolute Gasteiger partial charge is 0.351 e. The normalized spacial score (nSPS) is 17.2. The molecule has 2 aliphatic heterocycles. The first-order valence-corrected chi connectivity index (χ1v) is 10.6. The number of carbonyl (C=O) groups is 2. The second-order valence-corrected chi connectivity index (χ2v) is 7.86. The van der Waals surface area contributed by atoms with Gasteiger partial charge in [-0.1, -0.05) is 30.3 Å². The van der Waals surface area contributed by atoms with E-state index in [0.29, 0.717) is 37.6 Å². The summed E-state index contributed by atoms with van der Waals surface area (Å²) in [6.07, 6.45) is 4.32. The van der Waals surface area contributed by atoms with Gasteiger partial charge in [-0.25, -0.2) is 0 Å². The van der Waals surface area contributed by atoms with Crippen LogP contribution in [0.3, 0.4) is 0 Å². The number of nitrogens with one attached hydrogen (secondary N) is 1. The van der Waals surface area contributed by atoms with Crippen LogP contribution in [0.5, 0.6) is 0 Å². The minimum absolute atomic E-state index is 0.0630. The van der Waals surface area contributed by atoms with Crippen LogP contribution in [0.25, 0.3) is 0 Å². The Morgan fingerprint density at radius 2 is 1.83 bits per heavy atom. The van der Waals surface area contributed by atoms with Gasteiger partial charge in [-0.05, 0) is 50.9 Å². The van der Waals surface area contributed by atoms with E-state index in [4.69, 9.17) is 0 Å². The van der Waals surface area contributed by atoms with Crippen LogP contribution < -0.4 is 5.32 Å². The number of hydrogen-bond donors (Lipinski definition) is 1. The summed E-state index contributed by atoms with van der Waals surface area (Å²) in [7, 11) is 0. The van der Waals surface area contributed by atoms with Gasteiger partial charge in [0.2, 0.25) is 0 Å². The Hall–Kier alpha value is -2.67. The summed E-state index contributed by atoms with van der Waals surface area (Å²) in [6, 6.07) is 11.6. The van der Waals surface area contributed by atoms with E-state index in [1.807, 2.05) is 35.2 Å². The van der Waals surface area contributed by atoms with Gasteiger partial charge < -0.3 is 15.1 Å². The van der Waals surface area contributed by atoms with Gasteiger partial charge in [-0.2, -0.15) is 5.10 Å². The first kappa shape index (κ1) is 19.6. The Balaban J connectivity index is 1.35. The maximum Gasteiger partial charge on any atom is 0.272 e. The number of likely N-dealkylation sites (tertiary alicyclic amines) is 1. The fraction of sp³-hybridized carbons (Fsp3) is 0.500. The van der Waals surface area contributed by atoms with Gasteiger partial charge in [0, 0.05) is 32.2 Å². The zero-order valence-corrected chi connectivity index (χ0v) is 16.8. The third kappa shape index (κ3) is 4.85. The van der Waals surface area contributed by atoms with Gasteiger partial charge in [-0.15, -0.1) is 0 Å². The van der Waals surface area contributed by atoms with E-state index in [9.17, 15) is 9.59 Å². The number of amides is 2. The van der Waals surface area contributed by atoms with E-state index in [0.717, 1.165) is 24.9 Å². The minimum Gasteiger partial charge on any atom is -0.351 e. The molecular weight excluding hydrogens is 366 g/mol. The van der Waals surface area contributed by atoms with E-state index in [1.165, 1.54) is 25.9 Å². The van der Waals surface area contributed by atoms with Crippen molar-refractivity contribution in [2.75, 3.05) is 32.7 Å². The summed E-state index contributed by atoms with van der Waals surface area (Å²) in [5, 5.41) is 7.35. The van der Waals surface area contributed by atoms with Gasteiger partial charge in [-0.3, -0.25) is 14.3 Å². The van der Waals surface area contributed by atoms with Gasteiger partial charge in [0.1, 0.15) is 5.69 Å².